The van der Waals surface area contributed by atoms with E-state index in [9.17, 15) is 9.90 Å². The van der Waals surface area contributed by atoms with E-state index < -0.39 is 5.63 Å². The Labute approximate surface area is 116 Å². The Bertz CT molecular complexity index is 671. The van der Waals surface area contributed by atoms with Crippen LogP contribution in [0.15, 0.2) is 44.7 Å². The minimum atomic E-state index is -0.648. The summed E-state index contributed by atoms with van der Waals surface area (Å²) in [6.45, 7) is 3.87. The molecule has 1 aromatic heterocycles. The summed E-state index contributed by atoms with van der Waals surface area (Å²) in [6, 6.07) is 9.17. The molecule has 2 rings (SSSR count). The Balaban J connectivity index is 2.01. The molecule has 1 aromatic carbocycles. The summed E-state index contributed by atoms with van der Waals surface area (Å²) in [5.74, 6) is 0.159. The normalized spacial score (nSPS) is 10.9. The molecule has 0 saturated heterocycles. The van der Waals surface area contributed by atoms with E-state index in [1.165, 1.54) is 11.6 Å². The fourth-order valence-corrected chi connectivity index (χ4v) is 1.61. The minimum Gasteiger partial charge on any atom is -0.507 e. The third-order valence-electron chi connectivity index (χ3n) is 2.70. The number of nitrogens with zero attached hydrogens (tertiary/aromatic N) is 1. The smallest absolute Gasteiger partial charge is 0.348 e. The van der Waals surface area contributed by atoms with Gasteiger partial charge in [0.05, 0.1) is 6.21 Å². The second kappa shape index (κ2) is 6.06. The van der Waals surface area contributed by atoms with Gasteiger partial charge in [-0.05, 0) is 19.4 Å². The van der Waals surface area contributed by atoms with E-state index in [4.69, 9.17) is 9.25 Å². The molecule has 0 amide bonds. The molecule has 0 atom stereocenters. The third-order valence-corrected chi connectivity index (χ3v) is 2.70. The van der Waals surface area contributed by atoms with Crippen molar-refractivity contribution in [2.45, 2.75) is 20.5 Å². The molecule has 1 N–H and O–H groups in total. The van der Waals surface area contributed by atoms with E-state index in [1.807, 2.05) is 31.2 Å². The number of oxime groups is 1. The molecule has 1 heterocycles. The molecule has 0 aliphatic heterocycles. The van der Waals surface area contributed by atoms with Gasteiger partial charge in [0.1, 0.15) is 23.7 Å². The van der Waals surface area contributed by atoms with Gasteiger partial charge < -0.3 is 14.4 Å². The molecule has 0 spiro atoms. The van der Waals surface area contributed by atoms with Crippen LogP contribution < -0.4 is 5.63 Å². The Morgan fingerprint density at radius 3 is 2.65 bits per heavy atom. The molecule has 0 radical (unpaired) electrons. The standard InChI is InChI=1S/C15H15NO4/c1-10-3-5-12(6-4-10)9-19-16-8-13-14(17)7-11(2)20-15(13)18/h3-8,17H,9H2,1-2H3/b16-8+. The van der Waals surface area contributed by atoms with Crippen LogP contribution in [-0.2, 0) is 11.4 Å². The quantitative estimate of drug-likeness (QED) is 0.686. The van der Waals surface area contributed by atoms with Gasteiger partial charge in [-0.1, -0.05) is 35.0 Å². The largest absolute Gasteiger partial charge is 0.507 e. The average Bonchev–Trinajstić information content (AvgIpc) is 2.39. The summed E-state index contributed by atoms with van der Waals surface area (Å²) >= 11 is 0. The van der Waals surface area contributed by atoms with Gasteiger partial charge in [0.25, 0.3) is 0 Å². The summed E-state index contributed by atoms with van der Waals surface area (Å²) in [4.78, 5) is 16.6. The van der Waals surface area contributed by atoms with Crippen LogP contribution in [0.4, 0.5) is 0 Å². The first kappa shape index (κ1) is 13.9. The van der Waals surface area contributed by atoms with E-state index >= 15 is 0 Å². The van der Waals surface area contributed by atoms with Gasteiger partial charge in [0.2, 0.25) is 0 Å². The van der Waals surface area contributed by atoms with Crippen LogP contribution >= 0.6 is 0 Å². The highest BCUT2D eigenvalue weighted by atomic mass is 16.6. The SMILES string of the molecule is Cc1ccc(CO/N=C/c2c(O)cc(C)oc2=O)cc1. The molecule has 20 heavy (non-hydrogen) atoms. The zero-order valence-electron chi connectivity index (χ0n) is 11.3. The molecular formula is C15H15NO4. The van der Waals surface area contributed by atoms with Crippen LogP contribution in [0.25, 0.3) is 0 Å². The summed E-state index contributed by atoms with van der Waals surface area (Å²) in [5.41, 5.74) is 1.46. The Hall–Kier alpha value is -2.56. The van der Waals surface area contributed by atoms with Crippen molar-refractivity contribution in [3.05, 3.63) is 63.2 Å². The van der Waals surface area contributed by atoms with Gasteiger partial charge in [-0.3, -0.25) is 0 Å². The zero-order valence-corrected chi connectivity index (χ0v) is 11.3. The van der Waals surface area contributed by atoms with E-state index in [1.54, 1.807) is 6.92 Å². The highest BCUT2D eigenvalue weighted by molar-refractivity contribution is 5.82. The third kappa shape index (κ3) is 3.47. The van der Waals surface area contributed by atoms with Crippen LogP contribution in [0.3, 0.4) is 0 Å². The second-order valence-corrected chi connectivity index (χ2v) is 4.44. The van der Waals surface area contributed by atoms with Gasteiger partial charge in [-0.25, -0.2) is 4.79 Å². The van der Waals surface area contributed by atoms with Crippen molar-refractivity contribution in [2.75, 3.05) is 0 Å². The maximum absolute atomic E-state index is 11.5. The van der Waals surface area contributed by atoms with Crippen LogP contribution in [0.1, 0.15) is 22.5 Å². The predicted octanol–water partition coefficient (Wildman–Crippen LogP) is 2.51. The van der Waals surface area contributed by atoms with Gasteiger partial charge in [-0.15, -0.1) is 0 Å². The molecule has 0 aliphatic rings. The number of hydrogen-bond acceptors (Lipinski definition) is 5. The van der Waals surface area contributed by atoms with Crippen LogP contribution in [0.5, 0.6) is 5.75 Å². The number of rotatable bonds is 4. The van der Waals surface area contributed by atoms with Gasteiger partial charge in [-0.2, -0.15) is 0 Å². The van der Waals surface area contributed by atoms with Crippen molar-refractivity contribution >= 4 is 6.21 Å². The summed E-state index contributed by atoms with van der Waals surface area (Å²) in [7, 11) is 0. The highest BCUT2D eigenvalue weighted by Gasteiger charge is 2.06. The first-order chi connectivity index (χ1) is 9.56. The maximum Gasteiger partial charge on any atom is 0.348 e. The van der Waals surface area contributed by atoms with Gasteiger partial charge in [0, 0.05) is 6.07 Å². The van der Waals surface area contributed by atoms with Crippen LogP contribution in [-0.4, -0.2) is 11.3 Å². The molecular weight excluding hydrogens is 258 g/mol. The average molecular weight is 273 g/mol. The van der Waals surface area contributed by atoms with Crippen LogP contribution in [0.2, 0.25) is 0 Å². The summed E-state index contributed by atoms with van der Waals surface area (Å²) in [6.07, 6.45) is 1.15. The highest BCUT2D eigenvalue weighted by Crippen LogP contribution is 2.12. The van der Waals surface area contributed by atoms with Crippen molar-refractivity contribution in [1.82, 2.24) is 0 Å². The lowest BCUT2D eigenvalue weighted by Gasteiger charge is -2.01. The Kier molecular flexibility index (Phi) is 4.20. The predicted molar refractivity (Wildman–Crippen MR) is 74.9 cm³/mol. The monoisotopic (exact) mass is 273 g/mol. The van der Waals surface area contributed by atoms with E-state index in [-0.39, 0.29) is 17.9 Å². The second-order valence-electron chi connectivity index (χ2n) is 4.44. The maximum atomic E-state index is 11.5. The lowest BCUT2D eigenvalue weighted by Crippen LogP contribution is -2.07. The summed E-state index contributed by atoms with van der Waals surface area (Å²) < 4.78 is 4.86. The lowest BCUT2D eigenvalue weighted by molar-refractivity contribution is 0.132. The number of aryl methyl sites for hydroxylation is 2. The first-order valence-electron chi connectivity index (χ1n) is 6.11. The molecule has 0 fully saturated rings. The van der Waals surface area contributed by atoms with Crippen molar-refractivity contribution in [2.24, 2.45) is 5.16 Å². The molecule has 5 heteroatoms. The zero-order chi connectivity index (χ0) is 14.5. The number of benzene rings is 1. The van der Waals surface area contributed by atoms with E-state index in [2.05, 4.69) is 5.16 Å². The minimum absolute atomic E-state index is 0.0282. The molecule has 0 bridgehead atoms. The Morgan fingerprint density at radius 2 is 2.00 bits per heavy atom. The molecule has 0 unspecified atom stereocenters. The van der Waals surface area contributed by atoms with Crippen molar-refractivity contribution in [3.63, 3.8) is 0 Å². The molecule has 5 nitrogen and oxygen atoms in total. The van der Waals surface area contributed by atoms with Crippen LogP contribution in [0, 0.1) is 13.8 Å². The van der Waals surface area contributed by atoms with Crippen molar-refractivity contribution < 1.29 is 14.4 Å². The van der Waals surface area contributed by atoms with Crippen molar-refractivity contribution in [1.29, 1.82) is 0 Å². The summed E-state index contributed by atoms with van der Waals surface area (Å²) in [5, 5.41) is 13.3. The van der Waals surface area contributed by atoms with Gasteiger partial charge in [0.15, 0.2) is 0 Å². The fraction of sp³-hybridized carbons (Fsp3) is 0.200. The fourth-order valence-electron chi connectivity index (χ4n) is 1.61. The van der Waals surface area contributed by atoms with E-state index in [0.29, 0.717) is 5.76 Å². The molecule has 104 valence electrons. The topological polar surface area (TPSA) is 72.0 Å². The van der Waals surface area contributed by atoms with Gasteiger partial charge >= 0.3 is 5.63 Å². The van der Waals surface area contributed by atoms with Crippen molar-refractivity contribution in [3.8, 4) is 5.75 Å². The number of aromatic hydroxyl groups is 1. The lowest BCUT2D eigenvalue weighted by atomic mass is 10.2. The molecule has 0 saturated carbocycles. The molecule has 2 aromatic rings. The molecule has 0 aliphatic carbocycles. The Morgan fingerprint density at radius 1 is 1.30 bits per heavy atom. The number of hydrogen-bond donors (Lipinski definition) is 1. The van der Waals surface area contributed by atoms with E-state index in [0.717, 1.165) is 11.8 Å². The first-order valence-corrected chi connectivity index (χ1v) is 6.11.